The van der Waals surface area contributed by atoms with Gasteiger partial charge in [0.2, 0.25) is 0 Å². The molecular formula is C22H26N4O2S. The zero-order valence-electron chi connectivity index (χ0n) is 17.1. The Kier molecular flexibility index (Phi) is 5.67. The predicted molar refractivity (Wildman–Crippen MR) is 119 cm³/mol. The first-order valence-corrected chi connectivity index (χ1v) is 11.0. The molecule has 1 saturated heterocycles. The van der Waals surface area contributed by atoms with Gasteiger partial charge in [0, 0.05) is 18.8 Å². The highest BCUT2D eigenvalue weighted by Crippen LogP contribution is 2.36. The highest BCUT2D eigenvalue weighted by Gasteiger charge is 2.23. The van der Waals surface area contributed by atoms with Crippen LogP contribution in [0.3, 0.4) is 0 Å². The van der Waals surface area contributed by atoms with Gasteiger partial charge < -0.3 is 15.0 Å². The van der Waals surface area contributed by atoms with Crippen molar-refractivity contribution in [1.82, 2.24) is 9.97 Å². The lowest BCUT2D eigenvalue weighted by atomic mass is 10.1. The summed E-state index contributed by atoms with van der Waals surface area (Å²) in [7, 11) is 0. The van der Waals surface area contributed by atoms with Gasteiger partial charge in [0.15, 0.2) is 0 Å². The van der Waals surface area contributed by atoms with Crippen molar-refractivity contribution >= 4 is 39.0 Å². The molecule has 1 fully saturated rings. The van der Waals surface area contributed by atoms with Gasteiger partial charge in [-0.05, 0) is 69.9 Å². The van der Waals surface area contributed by atoms with E-state index in [0.717, 1.165) is 51.9 Å². The summed E-state index contributed by atoms with van der Waals surface area (Å²) >= 11 is 1.44. The average Bonchev–Trinajstić information content (AvgIpc) is 3.06. The number of piperidine rings is 1. The molecule has 2 aromatic heterocycles. The number of hydrogen-bond donors (Lipinski definition) is 1. The fraction of sp³-hybridized carbons (Fsp3) is 0.409. The quantitative estimate of drug-likeness (QED) is 0.645. The van der Waals surface area contributed by atoms with Gasteiger partial charge in [-0.2, -0.15) is 0 Å². The Morgan fingerprint density at radius 2 is 1.86 bits per heavy atom. The number of benzene rings is 1. The monoisotopic (exact) mass is 410 g/mol. The van der Waals surface area contributed by atoms with Crippen LogP contribution in [-0.4, -0.2) is 35.6 Å². The molecule has 0 radical (unpaired) electrons. The summed E-state index contributed by atoms with van der Waals surface area (Å²) in [6.07, 6.45) is 3.62. The van der Waals surface area contributed by atoms with Crippen molar-refractivity contribution in [3.63, 3.8) is 0 Å². The minimum atomic E-state index is -0.114. The van der Waals surface area contributed by atoms with Gasteiger partial charge in [-0.15, -0.1) is 11.3 Å². The lowest BCUT2D eigenvalue weighted by Gasteiger charge is -2.28. The van der Waals surface area contributed by atoms with Crippen LogP contribution < -0.4 is 15.0 Å². The molecule has 1 N–H and O–H groups in total. The molecule has 0 spiro atoms. The lowest BCUT2D eigenvalue weighted by Crippen LogP contribution is -2.30. The molecule has 1 aromatic carbocycles. The van der Waals surface area contributed by atoms with Crippen molar-refractivity contribution in [2.24, 2.45) is 0 Å². The number of fused-ring (bicyclic) bond motifs is 1. The Morgan fingerprint density at radius 1 is 1.14 bits per heavy atom. The maximum atomic E-state index is 13.0. The Hall–Kier alpha value is -2.67. The third-order valence-electron chi connectivity index (χ3n) is 5.17. The second kappa shape index (κ2) is 8.37. The molecular weight excluding hydrogens is 384 g/mol. The first-order chi connectivity index (χ1) is 14.1. The number of carbonyl (C=O) groups is 1. The second-order valence-corrected chi connectivity index (χ2v) is 8.29. The summed E-state index contributed by atoms with van der Waals surface area (Å²) < 4.78 is 5.46. The normalized spacial score (nSPS) is 14.2. The molecule has 0 bridgehead atoms. The number of aryl methyl sites for hydroxylation is 2. The van der Waals surface area contributed by atoms with Crippen LogP contribution in [0.2, 0.25) is 0 Å². The van der Waals surface area contributed by atoms with E-state index >= 15 is 0 Å². The van der Waals surface area contributed by atoms with Gasteiger partial charge in [-0.1, -0.05) is 0 Å². The van der Waals surface area contributed by atoms with E-state index < -0.39 is 0 Å². The van der Waals surface area contributed by atoms with Crippen LogP contribution in [0.4, 0.5) is 11.5 Å². The van der Waals surface area contributed by atoms with E-state index in [0.29, 0.717) is 11.5 Å². The number of nitrogens with one attached hydrogen (secondary N) is 1. The molecule has 3 aromatic rings. The fourth-order valence-corrected chi connectivity index (χ4v) is 4.88. The standard InChI is InChI=1S/C22H26N4O2S/c1-4-28-17-10-8-16(9-11-17)25-21(27)19-14(2)18-20(26-12-6-5-7-13-26)23-15(3)24-22(18)29-19/h8-11H,4-7,12-13H2,1-3H3,(H,25,27). The van der Waals surface area contributed by atoms with Gasteiger partial charge in [-0.25, -0.2) is 9.97 Å². The number of carbonyl (C=O) groups excluding carboxylic acids is 1. The van der Waals surface area contributed by atoms with Crippen molar-refractivity contribution in [2.45, 2.75) is 40.0 Å². The fourth-order valence-electron chi connectivity index (χ4n) is 3.76. The molecule has 1 amide bonds. The molecule has 1 aliphatic rings. The number of thiophene rings is 1. The number of aromatic nitrogens is 2. The Bertz CT molecular complexity index is 1020. The largest absolute Gasteiger partial charge is 0.494 e. The molecule has 0 saturated carbocycles. The van der Waals surface area contributed by atoms with Gasteiger partial charge in [-0.3, -0.25) is 4.79 Å². The van der Waals surface area contributed by atoms with Crippen molar-refractivity contribution < 1.29 is 9.53 Å². The van der Waals surface area contributed by atoms with Gasteiger partial charge >= 0.3 is 0 Å². The Balaban J connectivity index is 1.65. The molecule has 152 valence electrons. The van der Waals surface area contributed by atoms with Crippen molar-refractivity contribution in [3.05, 3.63) is 40.5 Å². The van der Waals surface area contributed by atoms with Crippen LogP contribution in [0, 0.1) is 13.8 Å². The molecule has 0 atom stereocenters. The summed E-state index contributed by atoms with van der Waals surface area (Å²) in [5.41, 5.74) is 1.70. The van der Waals surface area contributed by atoms with Crippen LogP contribution in [0.5, 0.6) is 5.75 Å². The summed E-state index contributed by atoms with van der Waals surface area (Å²) in [5.74, 6) is 2.40. The molecule has 3 heterocycles. The maximum Gasteiger partial charge on any atom is 0.266 e. The van der Waals surface area contributed by atoms with Crippen LogP contribution in [0.25, 0.3) is 10.2 Å². The minimum Gasteiger partial charge on any atom is -0.494 e. The van der Waals surface area contributed by atoms with E-state index in [1.54, 1.807) is 0 Å². The SMILES string of the molecule is CCOc1ccc(NC(=O)c2sc3nc(C)nc(N4CCCCC4)c3c2C)cc1. The number of amides is 1. The molecule has 1 aliphatic heterocycles. The molecule has 29 heavy (non-hydrogen) atoms. The van der Waals surface area contributed by atoms with Crippen molar-refractivity contribution in [2.75, 3.05) is 29.9 Å². The lowest BCUT2D eigenvalue weighted by molar-refractivity contribution is 0.103. The highest BCUT2D eigenvalue weighted by atomic mass is 32.1. The maximum absolute atomic E-state index is 13.0. The second-order valence-electron chi connectivity index (χ2n) is 7.29. The van der Waals surface area contributed by atoms with E-state index in [-0.39, 0.29) is 5.91 Å². The summed E-state index contributed by atoms with van der Waals surface area (Å²) in [6, 6.07) is 7.43. The average molecular weight is 411 g/mol. The molecule has 7 heteroatoms. The third-order valence-corrected chi connectivity index (χ3v) is 6.35. The van der Waals surface area contributed by atoms with E-state index in [1.165, 1.54) is 30.6 Å². The topological polar surface area (TPSA) is 67.3 Å². The van der Waals surface area contributed by atoms with E-state index in [4.69, 9.17) is 9.72 Å². The number of rotatable bonds is 5. The third kappa shape index (κ3) is 4.05. The van der Waals surface area contributed by atoms with Crippen LogP contribution >= 0.6 is 11.3 Å². The first kappa shape index (κ1) is 19.6. The molecule has 0 aliphatic carbocycles. The van der Waals surface area contributed by atoms with Gasteiger partial charge in [0.1, 0.15) is 22.2 Å². The smallest absolute Gasteiger partial charge is 0.266 e. The van der Waals surface area contributed by atoms with E-state index in [9.17, 15) is 4.79 Å². The van der Waals surface area contributed by atoms with E-state index in [2.05, 4.69) is 15.2 Å². The van der Waals surface area contributed by atoms with Crippen LogP contribution in [0.1, 0.15) is 47.2 Å². The van der Waals surface area contributed by atoms with Crippen LogP contribution in [0.15, 0.2) is 24.3 Å². The number of nitrogens with zero attached hydrogens (tertiary/aromatic N) is 3. The molecule has 4 rings (SSSR count). The van der Waals surface area contributed by atoms with Crippen molar-refractivity contribution in [1.29, 1.82) is 0 Å². The van der Waals surface area contributed by atoms with Gasteiger partial charge in [0.05, 0.1) is 16.9 Å². The summed E-state index contributed by atoms with van der Waals surface area (Å²) in [5, 5.41) is 4.01. The zero-order chi connectivity index (χ0) is 20.4. The highest BCUT2D eigenvalue weighted by molar-refractivity contribution is 7.20. The number of hydrogen-bond acceptors (Lipinski definition) is 6. The minimum absolute atomic E-state index is 0.114. The molecule has 0 unspecified atom stereocenters. The summed E-state index contributed by atoms with van der Waals surface area (Å²) in [6.45, 7) is 8.50. The first-order valence-electron chi connectivity index (χ1n) is 10.1. The number of ether oxygens (including phenoxy) is 1. The van der Waals surface area contributed by atoms with Crippen molar-refractivity contribution in [3.8, 4) is 5.75 Å². The number of anilines is 2. The molecule has 6 nitrogen and oxygen atoms in total. The zero-order valence-corrected chi connectivity index (χ0v) is 17.9. The van der Waals surface area contributed by atoms with E-state index in [1.807, 2.05) is 45.0 Å². The predicted octanol–water partition coefficient (Wildman–Crippen LogP) is 4.95. The van der Waals surface area contributed by atoms with Gasteiger partial charge in [0.25, 0.3) is 5.91 Å². The Labute approximate surface area is 174 Å². The van der Waals surface area contributed by atoms with Crippen LogP contribution in [-0.2, 0) is 0 Å². The summed E-state index contributed by atoms with van der Waals surface area (Å²) in [4.78, 5) is 26.3. The Morgan fingerprint density at radius 3 is 2.55 bits per heavy atom.